The van der Waals surface area contributed by atoms with Gasteiger partial charge < -0.3 is 9.47 Å². The summed E-state index contributed by atoms with van der Waals surface area (Å²) in [4.78, 5) is 0. The van der Waals surface area contributed by atoms with Crippen LogP contribution in [0.1, 0.15) is 51.5 Å². The fourth-order valence-corrected chi connectivity index (χ4v) is 3.07. The first-order valence-electron chi connectivity index (χ1n) is 7.75. The monoisotopic (exact) mass is 296 g/mol. The SMILES string of the molecule is CCOc1cc(CCl)ccc1OC1CCCC(CC)C1. The van der Waals surface area contributed by atoms with Gasteiger partial charge in [0.05, 0.1) is 12.7 Å². The molecular weight excluding hydrogens is 272 g/mol. The first-order valence-corrected chi connectivity index (χ1v) is 8.28. The van der Waals surface area contributed by atoms with Crippen LogP contribution >= 0.6 is 11.6 Å². The van der Waals surface area contributed by atoms with E-state index in [0.717, 1.165) is 29.4 Å². The standard InChI is InChI=1S/C17H25ClO2/c1-3-13-6-5-7-15(10-13)20-16-9-8-14(12-18)11-17(16)19-4-2/h8-9,11,13,15H,3-7,10,12H2,1-2H3. The number of rotatable bonds is 6. The van der Waals surface area contributed by atoms with Crippen molar-refractivity contribution in [1.82, 2.24) is 0 Å². The Morgan fingerprint density at radius 1 is 1.20 bits per heavy atom. The summed E-state index contributed by atoms with van der Waals surface area (Å²) in [6.07, 6.45) is 6.52. The third-order valence-corrected chi connectivity index (χ3v) is 4.38. The summed E-state index contributed by atoms with van der Waals surface area (Å²) in [6.45, 7) is 4.91. The Hall–Kier alpha value is -0.890. The van der Waals surface area contributed by atoms with Crippen molar-refractivity contribution < 1.29 is 9.47 Å². The van der Waals surface area contributed by atoms with Crippen molar-refractivity contribution >= 4 is 11.6 Å². The second-order valence-electron chi connectivity index (χ2n) is 5.53. The van der Waals surface area contributed by atoms with Crippen molar-refractivity contribution in [3.05, 3.63) is 23.8 Å². The molecule has 2 nitrogen and oxygen atoms in total. The van der Waals surface area contributed by atoms with Crippen LogP contribution < -0.4 is 9.47 Å². The molecule has 1 fully saturated rings. The molecule has 2 atom stereocenters. The third-order valence-electron chi connectivity index (χ3n) is 4.07. The average molecular weight is 297 g/mol. The Labute approximate surface area is 127 Å². The Morgan fingerprint density at radius 2 is 2.05 bits per heavy atom. The van der Waals surface area contributed by atoms with Gasteiger partial charge in [-0.15, -0.1) is 11.6 Å². The van der Waals surface area contributed by atoms with Crippen LogP contribution in [0.5, 0.6) is 11.5 Å². The molecule has 0 spiro atoms. The molecule has 0 saturated heterocycles. The minimum Gasteiger partial charge on any atom is -0.490 e. The third kappa shape index (κ3) is 4.05. The van der Waals surface area contributed by atoms with Gasteiger partial charge in [0.15, 0.2) is 11.5 Å². The highest BCUT2D eigenvalue weighted by atomic mass is 35.5. The van der Waals surface area contributed by atoms with Gasteiger partial charge in [-0.2, -0.15) is 0 Å². The fourth-order valence-electron chi connectivity index (χ4n) is 2.90. The van der Waals surface area contributed by atoms with Gasteiger partial charge in [0.2, 0.25) is 0 Å². The number of hydrogen-bond acceptors (Lipinski definition) is 2. The lowest BCUT2D eigenvalue weighted by Gasteiger charge is -2.29. The van der Waals surface area contributed by atoms with E-state index in [-0.39, 0.29) is 0 Å². The topological polar surface area (TPSA) is 18.5 Å². The maximum absolute atomic E-state index is 6.20. The number of halogens is 1. The molecule has 112 valence electrons. The van der Waals surface area contributed by atoms with Gasteiger partial charge in [-0.05, 0) is 49.8 Å². The van der Waals surface area contributed by atoms with E-state index in [1.165, 1.54) is 25.7 Å². The molecule has 0 bridgehead atoms. The molecule has 1 aliphatic carbocycles. The van der Waals surface area contributed by atoms with Crippen LogP contribution in [0.15, 0.2) is 18.2 Å². The van der Waals surface area contributed by atoms with Crippen molar-refractivity contribution in [2.75, 3.05) is 6.61 Å². The molecule has 2 unspecified atom stereocenters. The van der Waals surface area contributed by atoms with Crippen LogP contribution in [0.3, 0.4) is 0 Å². The van der Waals surface area contributed by atoms with E-state index < -0.39 is 0 Å². The lowest BCUT2D eigenvalue weighted by molar-refractivity contribution is 0.117. The summed E-state index contributed by atoms with van der Waals surface area (Å²) in [5.41, 5.74) is 1.07. The van der Waals surface area contributed by atoms with E-state index in [2.05, 4.69) is 6.92 Å². The van der Waals surface area contributed by atoms with Gasteiger partial charge in [0, 0.05) is 5.88 Å². The zero-order chi connectivity index (χ0) is 14.4. The summed E-state index contributed by atoms with van der Waals surface area (Å²) >= 11 is 5.88. The van der Waals surface area contributed by atoms with E-state index in [9.17, 15) is 0 Å². The van der Waals surface area contributed by atoms with Gasteiger partial charge in [-0.1, -0.05) is 25.8 Å². The maximum atomic E-state index is 6.20. The zero-order valence-corrected chi connectivity index (χ0v) is 13.3. The predicted molar refractivity (Wildman–Crippen MR) is 83.8 cm³/mol. The summed E-state index contributed by atoms with van der Waals surface area (Å²) < 4.78 is 11.9. The van der Waals surface area contributed by atoms with Crippen molar-refractivity contribution in [3.8, 4) is 11.5 Å². The molecule has 0 heterocycles. The zero-order valence-electron chi connectivity index (χ0n) is 12.5. The second-order valence-corrected chi connectivity index (χ2v) is 5.80. The van der Waals surface area contributed by atoms with E-state index in [1.54, 1.807) is 0 Å². The van der Waals surface area contributed by atoms with Crippen LogP contribution in [-0.2, 0) is 5.88 Å². The highest BCUT2D eigenvalue weighted by Gasteiger charge is 2.23. The largest absolute Gasteiger partial charge is 0.490 e. The van der Waals surface area contributed by atoms with E-state index >= 15 is 0 Å². The maximum Gasteiger partial charge on any atom is 0.161 e. The molecule has 0 aliphatic heterocycles. The minimum atomic E-state index is 0.328. The molecule has 1 saturated carbocycles. The van der Waals surface area contributed by atoms with Crippen LogP contribution in [0.2, 0.25) is 0 Å². The first-order chi connectivity index (χ1) is 9.76. The van der Waals surface area contributed by atoms with Crippen LogP contribution in [0, 0.1) is 5.92 Å². The lowest BCUT2D eigenvalue weighted by Crippen LogP contribution is -2.25. The highest BCUT2D eigenvalue weighted by Crippen LogP contribution is 2.34. The lowest BCUT2D eigenvalue weighted by atomic mass is 9.85. The molecular formula is C17H25ClO2. The molecule has 1 aliphatic rings. The molecule has 2 rings (SSSR count). The summed E-state index contributed by atoms with van der Waals surface area (Å²) in [5, 5.41) is 0. The smallest absolute Gasteiger partial charge is 0.161 e. The fraction of sp³-hybridized carbons (Fsp3) is 0.647. The van der Waals surface area contributed by atoms with Gasteiger partial charge in [0.1, 0.15) is 0 Å². The molecule has 0 N–H and O–H groups in total. The summed E-state index contributed by atoms with van der Waals surface area (Å²) in [5.74, 6) is 3.00. The normalized spacial score (nSPS) is 22.6. The van der Waals surface area contributed by atoms with Crippen LogP contribution in [0.4, 0.5) is 0 Å². The molecule has 20 heavy (non-hydrogen) atoms. The molecule has 3 heteroatoms. The summed E-state index contributed by atoms with van der Waals surface area (Å²) in [7, 11) is 0. The Bertz CT molecular complexity index is 419. The molecule has 1 aromatic carbocycles. The number of ether oxygens (including phenoxy) is 2. The van der Waals surface area contributed by atoms with Crippen molar-refractivity contribution in [2.45, 2.75) is 57.9 Å². The highest BCUT2D eigenvalue weighted by molar-refractivity contribution is 6.17. The minimum absolute atomic E-state index is 0.328. The van der Waals surface area contributed by atoms with Crippen molar-refractivity contribution in [1.29, 1.82) is 0 Å². The number of hydrogen-bond donors (Lipinski definition) is 0. The molecule has 0 radical (unpaired) electrons. The van der Waals surface area contributed by atoms with E-state index in [0.29, 0.717) is 18.6 Å². The molecule has 1 aromatic rings. The van der Waals surface area contributed by atoms with Gasteiger partial charge in [0.25, 0.3) is 0 Å². The number of alkyl halides is 1. The molecule has 0 aromatic heterocycles. The average Bonchev–Trinajstić information content (AvgIpc) is 2.49. The second kappa shape index (κ2) is 7.78. The van der Waals surface area contributed by atoms with Crippen LogP contribution in [-0.4, -0.2) is 12.7 Å². The predicted octanol–water partition coefficient (Wildman–Crippen LogP) is 5.17. The van der Waals surface area contributed by atoms with E-state index in [1.807, 2.05) is 25.1 Å². The van der Waals surface area contributed by atoms with Crippen LogP contribution in [0.25, 0.3) is 0 Å². The van der Waals surface area contributed by atoms with Gasteiger partial charge >= 0.3 is 0 Å². The first kappa shape index (κ1) is 15.5. The quantitative estimate of drug-likeness (QED) is 0.674. The van der Waals surface area contributed by atoms with Crippen molar-refractivity contribution in [3.63, 3.8) is 0 Å². The number of benzene rings is 1. The molecule has 0 amide bonds. The van der Waals surface area contributed by atoms with Gasteiger partial charge in [-0.25, -0.2) is 0 Å². The Kier molecular flexibility index (Phi) is 6.03. The van der Waals surface area contributed by atoms with Gasteiger partial charge in [-0.3, -0.25) is 0 Å². The van der Waals surface area contributed by atoms with Crippen molar-refractivity contribution in [2.24, 2.45) is 5.92 Å². The Balaban J connectivity index is 2.07. The summed E-state index contributed by atoms with van der Waals surface area (Å²) in [6, 6.07) is 6.01. The Morgan fingerprint density at radius 3 is 2.75 bits per heavy atom. The van der Waals surface area contributed by atoms with E-state index in [4.69, 9.17) is 21.1 Å².